The molecular weight excluding hydrogens is 454 g/mol. The van der Waals surface area contributed by atoms with Gasteiger partial charge in [0.2, 0.25) is 12.8 Å². The molecule has 2 amide bonds. The van der Waals surface area contributed by atoms with Crippen LogP contribution in [0.2, 0.25) is 0 Å². The lowest BCUT2D eigenvalue weighted by Gasteiger charge is -1.95. The minimum absolute atomic E-state index is 0.250. The van der Waals surface area contributed by atoms with Crippen LogP contribution in [0, 0.1) is 0 Å². The Balaban J connectivity index is -0.0000000367. The maximum atomic E-state index is 9.00. The van der Waals surface area contributed by atoms with Gasteiger partial charge in [0.1, 0.15) is 0 Å². The summed E-state index contributed by atoms with van der Waals surface area (Å²) in [6.07, 6.45) is 0.500. The molecule has 0 aliphatic carbocycles. The predicted molar refractivity (Wildman–Crippen MR) is 118 cm³/mol. The molecule has 0 saturated heterocycles. The van der Waals surface area contributed by atoms with Crippen LogP contribution in [0.4, 0.5) is 0 Å². The molecule has 0 atom stereocenters. The number of carbonyl (C=O) groups is 7. The second-order valence-corrected chi connectivity index (χ2v) is 4.19. The first-order valence-electron chi connectivity index (χ1n) is 8.30. The molecule has 0 aromatic carbocycles. The van der Waals surface area contributed by atoms with Crippen molar-refractivity contribution >= 4 is 42.7 Å². The molecule has 200 valence electrons. The van der Waals surface area contributed by atoms with E-state index in [1.165, 1.54) is 0 Å². The van der Waals surface area contributed by atoms with Gasteiger partial charge in [0, 0.05) is 60.8 Å². The van der Waals surface area contributed by atoms with Crippen LogP contribution in [0.15, 0.2) is 0 Å². The monoisotopic (exact) mass is 493 g/mol. The van der Waals surface area contributed by atoms with E-state index >= 15 is 0 Å². The minimum atomic E-state index is -0.833. The molecule has 0 bridgehead atoms. The van der Waals surface area contributed by atoms with E-state index in [1.807, 2.05) is 0 Å². The number of amides is 2. The Kier molecular flexibility index (Phi) is 98.6. The number of carboxylic acids is 5. The van der Waals surface area contributed by atoms with Gasteiger partial charge in [-0.2, -0.15) is 0 Å². The maximum Gasteiger partial charge on any atom is 0.300 e. The summed E-state index contributed by atoms with van der Waals surface area (Å²) in [7, 11) is 0. The smallest absolute Gasteiger partial charge is 0.300 e. The van der Waals surface area contributed by atoms with E-state index in [0.717, 1.165) is 47.7 Å². The SMILES string of the molecule is CC(=O)O.CC(=O)O.CC(=O)O.CC(=O)O.CC(=O)O.NC=O.NC=O.NCCNCCN. The normalized spacial score (nSPS) is 6.52. The van der Waals surface area contributed by atoms with E-state index in [9.17, 15) is 0 Å². The first-order chi connectivity index (χ1) is 14.9. The van der Waals surface area contributed by atoms with Crippen LogP contribution in [-0.2, 0) is 33.6 Å². The van der Waals surface area contributed by atoms with Crippen LogP contribution < -0.4 is 28.3 Å². The lowest BCUT2D eigenvalue weighted by molar-refractivity contribution is -0.135. The van der Waals surface area contributed by atoms with E-state index in [4.69, 9.17) is 70.6 Å². The van der Waals surface area contributed by atoms with Gasteiger partial charge < -0.3 is 53.8 Å². The summed E-state index contributed by atoms with van der Waals surface area (Å²) < 4.78 is 0. The summed E-state index contributed by atoms with van der Waals surface area (Å²) in [5.74, 6) is -4.17. The molecule has 17 heteroatoms. The Morgan fingerprint density at radius 1 is 0.576 bits per heavy atom. The fraction of sp³-hybridized carbons (Fsp3) is 0.562. The molecule has 0 unspecified atom stereocenters. The zero-order valence-electron chi connectivity index (χ0n) is 19.4. The van der Waals surface area contributed by atoms with Crippen molar-refractivity contribution in [2.75, 3.05) is 26.2 Å². The molecular formula is C16H39N5O12. The molecule has 0 heterocycles. The van der Waals surface area contributed by atoms with Crippen molar-refractivity contribution in [1.82, 2.24) is 5.32 Å². The summed E-state index contributed by atoms with van der Waals surface area (Å²) >= 11 is 0. The number of rotatable bonds is 4. The number of carboxylic acid groups (broad SMARTS) is 5. The Hall–Kier alpha value is -3.83. The van der Waals surface area contributed by atoms with Gasteiger partial charge in [-0.25, -0.2) is 0 Å². The second-order valence-electron chi connectivity index (χ2n) is 4.19. The summed E-state index contributed by atoms with van der Waals surface area (Å²) in [4.78, 5) is 62.2. The molecule has 0 fully saturated rings. The lowest BCUT2D eigenvalue weighted by atomic mass is 10.6. The highest BCUT2D eigenvalue weighted by molar-refractivity contribution is 5.63. The van der Waals surface area contributed by atoms with Gasteiger partial charge in [0.15, 0.2) is 0 Å². The third-order valence-electron chi connectivity index (χ3n) is 0.642. The number of nitrogens with two attached hydrogens (primary N) is 4. The van der Waals surface area contributed by atoms with Crippen molar-refractivity contribution in [3.05, 3.63) is 0 Å². The zero-order chi connectivity index (χ0) is 28.8. The van der Waals surface area contributed by atoms with Crippen LogP contribution in [0.3, 0.4) is 0 Å². The van der Waals surface area contributed by atoms with Gasteiger partial charge in [-0.05, 0) is 0 Å². The average Bonchev–Trinajstić information content (AvgIpc) is 2.54. The molecule has 0 aromatic rings. The first kappa shape index (κ1) is 51.6. The first-order valence-corrected chi connectivity index (χ1v) is 8.30. The highest BCUT2D eigenvalue weighted by Crippen LogP contribution is 1.49. The fourth-order valence-corrected chi connectivity index (χ4v) is 0.329. The van der Waals surface area contributed by atoms with Gasteiger partial charge in [-0.15, -0.1) is 0 Å². The van der Waals surface area contributed by atoms with Crippen LogP contribution in [-0.4, -0.2) is 94.4 Å². The third-order valence-corrected chi connectivity index (χ3v) is 0.642. The van der Waals surface area contributed by atoms with Crippen LogP contribution in [0.25, 0.3) is 0 Å². The number of aliphatic carboxylic acids is 5. The van der Waals surface area contributed by atoms with Crippen molar-refractivity contribution in [3.63, 3.8) is 0 Å². The second kappa shape index (κ2) is 63.0. The summed E-state index contributed by atoms with van der Waals surface area (Å²) in [6, 6.07) is 0. The number of hydrogen-bond donors (Lipinski definition) is 10. The summed E-state index contributed by atoms with van der Waals surface area (Å²) in [5, 5.41) is 40.1. The van der Waals surface area contributed by atoms with Crippen molar-refractivity contribution in [1.29, 1.82) is 0 Å². The van der Waals surface area contributed by atoms with Crippen LogP contribution in [0.5, 0.6) is 0 Å². The number of nitrogens with one attached hydrogen (secondary N) is 1. The molecule has 14 N–H and O–H groups in total. The molecule has 0 saturated carbocycles. The third kappa shape index (κ3) is 668000. The van der Waals surface area contributed by atoms with E-state index < -0.39 is 29.8 Å². The average molecular weight is 494 g/mol. The molecule has 0 radical (unpaired) electrons. The zero-order valence-corrected chi connectivity index (χ0v) is 19.4. The van der Waals surface area contributed by atoms with Crippen LogP contribution >= 0.6 is 0 Å². The van der Waals surface area contributed by atoms with Crippen molar-refractivity contribution in [3.8, 4) is 0 Å². The summed E-state index contributed by atoms with van der Waals surface area (Å²) in [5.41, 5.74) is 18.7. The van der Waals surface area contributed by atoms with Gasteiger partial charge in [-0.1, -0.05) is 0 Å². The van der Waals surface area contributed by atoms with Crippen molar-refractivity contribution < 1.29 is 59.1 Å². The Morgan fingerprint density at radius 2 is 0.667 bits per heavy atom. The molecule has 0 spiro atoms. The van der Waals surface area contributed by atoms with Gasteiger partial charge in [0.05, 0.1) is 0 Å². The van der Waals surface area contributed by atoms with Crippen molar-refractivity contribution in [2.45, 2.75) is 34.6 Å². The van der Waals surface area contributed by atoms with Gasteiger partial charge >= 0.3 is 0 Å². The van der Waals surface area contributed by atoms with Gasteiger partial charge in [-0.3, -0.25) is 33.6 Å². The standard InChI is InChI=1S/C4H13N3.5C2H4O2.2CH3NO/c5-1-3-7-4-2-6;5*1-2(3)4;2*2-1-3/h7H,1-6H2;5*1H3,(H,3,4);2*1H,(H2,2,3). The van der Waals surface area contributed by atoms with Gasteiger partial charge in [0.25, 0.3) is 29.8 Å². The number of hydrogen-bond acceptors (Lipinski definition) is 10. The molecule has 0 aromatic heterocycles. The fourth-order valence-electron chi connectivity index (χ4n) is 0.329. The van der Waals surface area contributed by atoms with E-state index in [-0.39, 0.29) is 12.8 Å². The van der Waals surface area contributed by atoms with Crippen LogP contribution in [0.1, 0.15) is 34.6 Å². The largest absolute Gasteiger partial charge is 0.481 e. The minimum Gasteiger partial charge on any atom is -0.481 e. The quantitative estimate of drug-likeness (QED) is 0.139. The maximum absolute atomic E-state index is 9.00. The summed E-state index contributed by atoms with van der Waals surface area (Å²) in [6.45, 7) is 8.55. The Bertz CT molecular complexity index is 363. The molecule has 0 aliphatic rings. The molecule has 33 heavy (non-hydrogen) atoms. The van der Waals surface area contributed by atoms with Crippen molar-refractivity contribution in [2.24, 2.45) is 22.9 Å². The predicted octanol–water partition coefficient (Wildman–Crippen LogP) is -2.85. The highest BCUT2D eigenvalue weighted by atomic mass is 16.4. The Labute approximate surface area is 191 Å². The molecule has 0 rings (SSSR count). The van der Waals surface area contributed by atoms with E-state index in [1.54, 1.807) is 0 Å². The number of primary amides is 2. The lowest BCUT2D eigenvalue weighted by Crippen LogP contribution is -2.27. The highest BCUT2D eigenvalue weighted by Gasteiger charge is 1.76. The molecule has 17 nitrogen and oxygen atoms in total. The number of carbonyl (C=O) groups excluding carboxylic acids is 2. The van der Waals surface area contributed by atoms with E-state index in [0.29, 0.717) is 13.1 Å². The van der Waals surface area contributed by atoms with E-state index in [2.05, 4.69) is 16.8 Å². The molecule has 0 aliphatic heterocycles. The topological polar surface area (TPSA) is 337 Å². The Morgan fingerprint density at radius 3 is 0.727 bits per heavy atom.